The summed E-state index contributed by atoms with van der Waals surface area (Å²) in [5.41, 5.74) is 4.40. The Balaban J connectivity index is 1.46. The zero-order valence-corrected chi connectivity index (χ0v) is 15.4. The minimum Gasteiger partial charge on any atom is -0.351 e. The van der Waals surface area contributed by atoms with Crippen LogP contribution in [0.3, 0.4) is 0 Å². The molecule has 0 bridgehead atoms. The summed E-state index contributed by atoms with van der Waals surface area (Å²) in [5, 5.41) is 4.28. The molecule has 5 nitrogen and oxygen atoms in total. The molecule has 0 saturated carbocycles. The molecule has 2 aromatic carbocycles. The number of fused-ring (bicyclic) bond motifs is 3. The van der Waals surface area contributed by atoms with Crippen molar-refractivity contribution >= 4 is 39.6 Å². The quantitative estimate of drug-likeness (QED) is 0.406. The van der Waals surface area contributed by atoms with Crippen LogP contribution in [0.4, 0.5) is 4.39 Å². The summed E-state index contributed by atoms with van der Waals surface area (Å²) in [6.45, 7) is 2.52. The first-order valence-corrected chi connectivity index (χ1v) is 9.46. The van der Waals surface area contributed by atoms with Gasteiger partial charge in [0.2, 0.25) is 5.91 Å². The number of benzene rings is 2. The number of hydrogen-bond donors (Lipinski definition) is 2. The topological polar surface area (TPSA) is 70.7 Å². The predicted molar refractivity (Wildman–Crippen MR) is 105 cm³/mol. The second-order valence-corrected chi connectivity index (χ2v) is 7.23. The summed E-state index contributed by atoms with van der Waals surface area (Å²) in [5.74, 6) is -0.150. The third-order valence-corrected chi connectivity index (χ3v) is 5.25. The van der Waals surface area contributed by atoms with E-state index in [1.165, 1.54) is 35.8 Å². The van der Waals surface area contributed by atoms with Crippen molar-refractivity contribution in [2.75, 3.05) is 5.75 Å². The molecule has 0 radical (unpaired) electrons. The molecule has 4 aromatic rings. The van der Waals surface area contributed by atoms with Crippen molar-refractivity contribution in [1.82, 2.24) is 20.3 Å². The van der Waals surface area contributed by atoms with E-state index in [2.05, 4.69) is 20.3 Å². The molecule has 0 unspecified atom stereocenters. The Morgan fingerprint density at radius 2 is 2.00 bits per heavy atom. The van der Waals surface area contributed by atoms with Gasteiger partial charge >= 0.3 is 0 Å². The Kier molecular flexibility index (Phi) is 4.77. The maximum atomic E-state index is 13.5. The van der Waals surface area contributed by atoms with Gasteiger partial charge in [0, 0.05) is 17.4 Å². The summed E-state index contributed by atoms with van der Waals surface area (Å²) in [6.07, 6.45) is 1.44. The molecule has 27 heavy (non-hydrogen) atoms. The molecular weight excluding hydrogens is 363 g/mol. The van der Waals surface area contributed by atoms with Gasteiger partial charge in [0.05, 0.1) is 11.3 Å². The van der Waals surface area contributed by atoms with Gasteiger partial charge in [0.25, 0.3) is 0 Å². The van der Waals surface area contributed by atoms with Gasteiger partial charge in [0.1, 0.15) is 22.7 Å². The van der Waals surface area contributed by atoms with Gasteiger partial charge in [-0.05, 0) is 30.7 Å². The molecule has 136 valence electrons. The Hall–Kier alpha value is -2.93. The summed E-state index contributed by atoms with van der Waals surface area (Å²) >= 11 is 1.33. The first-order valence-electron chi connectivity index (χ1n) is 8.47. The Morgan fingerprint density at radius 1 is 1.19 bits per heavy atom. The van der Waals surface area contributed by atoms with E-state index < -0.39 is 0 Å². The van der Waals surface area contributed by atoms with E-state index in [9.17, 15) is 9.18 Å². The van der Waals surface area contributed by atoms with Crippen LogP contribution < -0.4 is 5.32 Å². The number of carbonyl (C=O) groups excluding carboxylic acids is 1. The third-order valence-electron chi connectivity index (χ3n) is 4.26. The molecule has 2 heterocycles. The average molecular weight is 380 g/mol. The van der Waals surface area contributed by atoms with Crippen LogP contribution in [0.5, 0.6) is 0 Å². The molecule has 7 heteroatoms. The molecule has 0 spiro atoms. The monoisotopic (exact) mass is 380 g/mol. The number of carbonyl (C=O) groups is 1. The van der Waals surface area contributed by atoms with Crippen molar-refractivity contribution < 1.29 is 9.18 Å². The molecular formula is C20H17FN4OS. The van der Waals surface area contributed by atoms with Crippen molar-refractivity contribution in [2.24, 2.45) is 0 Å². The Labute approximate surface area is 159 Å². The number of hydrogen-bond acceptors (Lipinski definition) is 4. The molecule has 0 atom stereocenters. The van der Waals surface area contributed by atoms with E-state index in [1.54, 1.807) is 6.07 Å². The van der Waals surface area contributed by atoms with E-state index >= 15 is 0 Å². The second kappa shape index (κ2) is 7.36. The van der Waals surface area contributed by atoms with Gasteiger partial charge in [-0.3, -0.25) is 4.79 Å². The Morgan fingerprint density at radius 3 is 2.81 bits per heavy atom. The molecule has 2 N–H and O–H groups in total. The van der Waals surface area contributed by atoms with E-state index in [0.717, 1.165) is 16.6 Å². The number of thioether (sulfide) groups is 1. The lowest BCUT2D eigenvalue weighted by Gasteiger charge is -2.06. The maximum absolute atomic E-state index is 13.5. The van der Waals surface area contributed by atoms with Gasteiger partial charge in [-0.15, -0.1) is 0 Å². The van der Waals surface area contributed by atoms with Gasteiger partial charge in [0.15, 0.2) is 0 Å². The van der Waals surface area contributed by atoms with Crippen LogP contribution in [0.2, 0.25) is 0 Å². The van der Waals surface area contributed by atoms with Gasteiger partial charge in [-0.1, -0.05) is 41.6 Å². The van der Waals surface area contributed by atoms with Crippen molar-refractivity contribution in [1.29, 1.82) is 0 Å². The van der Waals surface area contributed by atoms with Crippen molar-refractivity contribution in [3.8, 4) is 0 Å². The highest BCUT2D eigenvalue weighted by Gasteiger charge is 2.13. The van der Waals surface area contributed by atoms with E-state index in [1.807, 2.05) is 31.2 Å². The van der Waals surface area contributed by atoms with Gasteiger partial charge < -0.3 is 10.3 Å². The van der Waals surface area contributed by atoms with Crippen LogP contribution >= 0.6 is 11.8 Å². The maximum Gasteiger partial charge on any atom is 0.230 e. The fourth-order valence-corrected chi connectivity index (χ4v) is 3.63. The number of amides is 1. The van der Waals surface area contributed by atoms with Crippen LogP contribution in [0.1, 0.15) is 11.1 Å². The van der Waals surface area contributed by atoms with Crippen LogP contribution in [-0.2, 0) is 11.3 Å². The van der Waals surface area contributed by atoms with E-state index in [-0.39, 0.29) is 17.5 Å². The zero-order valence-electron chi connectivity index (χ0n) is 14.6. The lowest BCUT2D eigenvalue weighted by atomic mass is 10.1. The minimum atomic E-state index is -0.313. The first-order chi connectivity index (χ1) is 13.1. The summed E-state index contributed by atoms with van der Waals surface area (Å²) in [7, 11) is 0. The lowest BCUT2D eigenvalue weighted by Crippen LogP contribution is -2.24. The molecule has 0 fully saturated rings. The molecule has 0 aliphatic rings. The number of aromatic nitrogens is 3. The van der Waals surface area contributed by atoms with Crippen molar-refractivity contribution in [3.63, 3.8) is 0 Å². The number of halogens is 1. The Bertz CT molecular complexity index is 1120. The molecule has 2 aromatic heterocycles. The predicted octanol–water partition coefficient (Wildman–Crippen LogP) is 3.97. The number of H-pyrrole nitrogens is 1. The van der Waals surface area contributed by atoms with E-state index in [4.69, 9.17) is 0 Å². The highest BCUT2D eigenvalue weighted by atomic mass is 32.2. The van der Waals surface area contributed by atoms with Crippen LogP contribution in [0, 0.1) is 12.7 Å². The van der Waals surface area contributed by atoms with Gasteiger partial charge in [-0.2, -0.15) is 0 Å². The zero-order chi connectivity index (χ0) is 18.8. The highest BCUT2D eigenvalue weighted by molar-refractivity contribution is 8.00. The second-order valence-electron chi connectivity index (χ2n) is 6.27. The normalized spacial score (nSPS) is 11.2. The lowest BCUT2D eigenvalue weighted by molar-refractivity contribution is -0.118. The number of aromatic amines is 1. The smallest absolute Gasteiger partial charge is 0.230 e. The molecule has 0 aliphatic heterocycles. The third kappa shape index (κ3) is 3.78. The largest absolute Gasteiger partial charge is 0.351 e. The van der Waals surface area contributed by atoms with Crippen molar-refractivity contribution in [2.45, 2.75) is 18.5 Å². The molecule has 4 rings (SSSR count). The van der Waals surface area contributed by atoms with Crippen LogP contribution in [0.25, 0.3) is 21.9 Å². The first kappa shape index (κ1) is 17.5. The number of aryl methyl sites for hydroxylation is 1. The highest BCUT2D eigenvalue weighted by Crippen LogP contribution is 2.29. The fraction of sp³-hybridized carbons (Fsp3) is 0.150. The van der Waals surface area contributed by atoms with Crippen molar-refractivity contribution in [3.05, 3.63) is 65.7 Å². The van der Waals surface area contributed by atoms with Gasteiger partial charge in [-0.25, -0.2) is 14.4 Å². The standard InChI is InChI=1S/C20H17FN4OS/c1-12-2-4-13(5-3-12)9-22-17(26)10-27-20-19-18(23-11-24-20)15-8-14(21)6-7-16(15)25-19/h2-8,11,25H,9-10H2,1H3,(H,22,26). The van der Waals surface area contributed by atoms with Crippen LogP contribution in [-0.4, -0.2) is 26.6 Å². The number of nitrogens with one attached hydrogen (secondary N) is 2. The molecule has 0 saturated heterocycles. The average Bonchev–Trinajstić information content (AvgIpc) is 3.04. The molecule has 1 amide bonds. The number of nitrogens with zero attached hydrogens (tertiary/aromatic N) is 2. The fourth-order valence-electron chi connectivity index (χ4n) is 2.84. The number of rotatable bonds is 5. The summed E-state index contributed by atoms with van der Waals surface area (Å²) in [6, 6.07) is 12.6. The molecule has 0 aliphatic carbocycles. The SMILES string of the molecule is Cc1ccc(CNC(=O)CSc2ncnc3c2[nH]c2ccc(F)cc23)cc1. The summed E-state index contributed by atoms with van der Waals surface area (Å²) < 4.78 is 13.5. The minimum absolute atomic E-state index is 0.0745. The van der Waals surface area contributed by atoms with E-state index in [0.29, 0.717) is 22.5 Å². The van der Waals surface area contributed by atoms with Crippen LogP contribution in [0.15, 0.2) is 53.8 Å². The summed E-state index contributed by atoms with van der Waals surface area (Å²) in [4.78, 5) is 23.9.